The van der Waals surface area contributed by atoms with Gasteiger partial charge in [0.25, 0.3) is 0 Å². The highest BCUT2D eigenvalue weighted by Gasteiger charge is 2.10. The third-order valence-electron chi connectivity index (χ3n) is 3.23. The minimum absolute atomic E-state index is 0.261. The Balaban J connectivity index is 1.82. The Labute approximate surface area is 141 Å². The number of ether oxygens (including phenoxy) is 2. The topological polar surface area (TPSA) is 64.6 Å². The van der Waals surface area contributed by atoms with E-state index < -0.39 is 11.9 Å². The largest absolute Gasteiger partial charge is 0.493 e. The smallest absolute Gasteiger partial charge is 0.315 e. The SMILES string of the molecule is CCOC(=O)CC(=O)Nc1cccc(OCCc2ccccc2)c1. The van der Waals surface area contributed by atoms with E-state index >= 15 is 0 Å². The second-order valence-corrected chi connectivity index (χ2v) is 5.14. The lowest BCUT2D eigenvalue weighted by molar-refractivity contribution is -0.145. The second kappa shape index (κ2) is 9.35. The van der Waals surface area contributed by atoms with Crippen LogP contribution in [0, 0.1) is 0 Å². The number of carbonyl (C=O) groups is 2. The molecular weight excluding hydrogens is 306 g/mol. The summed E-state index contributed by atoms with van der Waals surface area (Å²) in [5.41, 5.74) is 1.79. The molecule has 126 valence electrons. The summed E-state index contributed by atoms with van der Waals surface area (Å²) in [6.45, 7) is 2.51. The van der Waals surface area contributed by atoms with Crippen LogP contribution in [-0.4, -0.2) is 25.1 Å². The van der Waals surface area contributed by atoms with Crippen LogP contribution in [0.1, 0.15) is 18.9 Å². The van der Waals surface area contributed by atoms with Crippen molar-refractivity contribution in [1.82, 2.24) is 0 Å². The molecule has 2 aromatic rings. The van der Waals surface area contributed by atoms with E-state index in [2.05, 4.69) is 17.4 Å². The molecule has 1 N–H and O–H groups in total. The maximum atomic E-state index is 11.8. The van der Waals surface area contributed by atoms with E-state index in [1.165, 1.54) is 5.56 Å². The second-order valence-electron chi connectivity index (χ2n) is 5.14. The molecule has 0 saturated carbocycles. The van der Waals surface area contributed by atoms with Crippen LogP contribution in [0.15, 0.2) is 54.6 Å². The van der Waals surface area contributed by atoms with E-state index in [-0.39, 0.29) is 13.0 Å². The minimum atomic E-state index is -0.537. The molecule has 0 aliphatic rings. The van der Waals surface area contributed by atoms with E-state index in [4.69, 9.17) is 9.47 Å². The minimum Gasteiger partial charge on any atom is -0.493 e. The van der Waals surface area contributed by atoms with Gasteiger partial charge in [0, 0.05) is 18.2 Å². The summed E-state index contributed by atoms with van der Waals surface area (Å²) >= 11 is 0. The molecular formula is C19H21NO4. The van der Waals surface area contributed by atoms with Gasteiger partial charge in [0.15, 0.2) is 0 Å². The number of amides is 1. The molecule has 24 heavy (non-hydrogen) atoms. The Morgan fingerprint density at radius 1 is 1.04 bits per heavy atom. The monoisotopic (exact) mass is 327 g/mol. The van der Waals surface area contributed by atoms with Crippen LogP contribution in [-0.2, 0) is 20.7 Å². The lowest BCUT2D eigenvalue weighted by Crippen LogP contribution is -2.18. The zero-order chi connectivity index (χ0) is 17.2. The van der Waals surface area contributed by atoms with Gasteiger partial charge in [0.1, 0.15) is 12.2 Å². The third kappa shape index (κ3) is 6.12. The van der Waals surface area contributed by atoms with Gasteiger partial charge in [-0.1, -0.05) is 36.4 Å². The van der Waals surface area contributed by atoms with Crippen LogP contribution in [0.3, 0.4) is 0 Å². The zero-order valence-electron chi connectivity index (χ0n) is 13.7. The van der Waals surface area contributed by atoms with Crippen molar-refractivity contribution in [2.45, 2.75) is 19.8 Å². The van der Waals surface area contributed by atoms with Gasteiger partial charge in [-0.05, 0) is 24.6 Å². The van der Waals surface area contributed by atoms with Gasteiger partial charge >= 0.3 is 5.97 Å². The molecule has 5 nitrogen and oxygen atoms in total. The number of benzene rings is 2. The number of anilines is 1. The highest BCUT2D eigenvalue weighted by molar-refractivity contribution is 6.01. The van der Waals surface area contributed by atoms with Crippen LogP contribution < -0.4 is 10.1 Å². The van der Waals surface area contributed by atoms with E-state index in [9.17, 15) is 9.59 Å². The van der Waals surface area contributed by atoms with E-state index in [1.807, 2.05) is 24.3 Å². The van der Waals surface area contributed by atoms with Gasteiger partial charge in [-0.25, -0.2) is 0 Å². The maximum Gasteiger partial charge on any atom is 0.315 e. The number of hydrogen-bond donors (Lipinski definition) is 1. The fourth-order valence-electron chi connectivity index (χ4n) is 2.14. The van der Waals surface area contributed by atoms with Crippen molar-refractivity contribution >= 4 is 17.6 Å². The highest BCUT2D eigenvalue weighted by atomic mass is 16.5. The van der Waals surface area contributed by atoms with Crippen molar-refractivity contribution in [2.24, 2.45) is 0 Å². The molecule has 1 amide bonds. The molecule has 0 aromatic heterocycles. The van der Waals surface area contributed by atoms with Crippen LogP contribution >= 0.6 is 0 Å². The molecule has 0 unspecified atom stereocenters. The summed E-state index contributed by atoms with van der Waals surface area (Å²) in [6.07, 6.45) is 0.507. The van der Waals surface area contributed by atoms with Crippen molar-refractivity contribution in [1.29, 1.82) is 0 Å². The molecule has 0 heterocycles. The first kappa shape index (κ1) is 17.5. The molecule has 0 saturated heterocycles. The van der Waals surface area contributed by atoms with Gasteiger partial charge in [-0.3, -0.25) is 9.59 Å². The summed E-state index contributed by atoms with van der Waals surface area (Å²) in [7, 11) is 0. The zero-order valence-corrected chi connectivity index (χ0v) is 13.7. The molecule has 0 aliphatic heterocycles. The lowest BCUT2D eigenvalue weighted by atomic mass is 10.2. The van der Waals surface area contributed by atoms with Crippen molar-refractivity contribution < 1.29 is 19.1 Å². The molecule has 2 rings (SSSR count). The van der Waals surface area contributed by atoms with Crippen LogP contribution in [0.4, 0.5) is 5.69 Å². The quantitative estimate of drug-likeness (QED) is 0.597. The first-order valence-electron chi connectivity index (χ1n) is 7.89. The number of nitrogens with one attached hydrogen (secondary N) is 1. The molecule has 2 aromatic carbocycles. The van der Waals surface area contributed by atoms with Crippen molar-refractivity contribution in [3.63, 3.8) is 0 Å². The standard InChI is InChI=1S/C19H21NO4/c1-2-23-19(22)14-18(21)20-16-9-6-10-17(13-16)24-12-11-15-7-4-3-5-8-15/h3-10,13H,2,11-12,14H2,1H3,(H,20,21). The van der Waals surface area contributed by atoms with Gasteiger partial charge < -0.3 is 14.8 Å². The fraction of sp³-hybridized carbons (Fsp3) is 0.263. The molecule has 0 bridgehead atoms. The third-order valence-corrected chi connectivity index (χ3v) is 3.23. The Bertz CT molecular complexity index is 670. The summed E-state index contributed by atoms with van der Waals surface area (Å²) < 4.78 is 10.5. The van der Waals surface area contributed by atoms with Crippen LogP contribution in [0.25, 0.3) is 0 Å². The Hall–Kier alpha value is -2.82. The van der Waals surface area contributed by atoms with Crippen LogP contribution in [0.2, 0.25) is 0 Å². The van der Waals surface area contributed by atoms with Crippen molar-refractivity contribution in [3.8, 4) is 5.75 Å². The maximum absolute atomic E-state index is 11.8. The molecule has 0 fully saturated rings. The van der Waals surface area contributed by atoms with Crippen molar-refractivity contribution in [3.05, 3.63) is 60.2 Å². The van der Waals surface area contributed by atoms with E-state index in [1.54, 1.807) is 25.1 Å². The summed E-state index contributed by atoms with van der Waals surface area (Å²) in [5, 5.41) is 2.66. The first-order valence-corrected chi connectivity index (χ1v) is 7.89. The van der Waals surface area contributed by atoms with Crippen molar-refractivity contribution in [2.75, 3.05) is 18.5 Å². The molecule has 5 heteroatoms. The normalized spacial score (nSPS) is 10.0. The molecule has 0 aliphatic carbocycles. The predicted molar refractivity (Wildman–Crippen MR) is 92.0 cm³/mol. The fourth-order valence-corrected chi connectivity index (χ4v) is 2.14. The number of hydrogen-bond acceptors (Lipinski definition) is 4. The van der Waals surface area contributed by atoms with Gasteiger partial charge in [-0.15, -0.1) is 0 Å². The number of rotatable bonds is 8. The summed E-state index contributed by atoms with van der Waals surface area (Å²) in [6, 6.07) is 17.2. The average molecular weight is 327 g/mol. The van der Waals surface area contributed by atoms with E-state index in [0.29, 0.717) is 18.0 Å². The number of esters is 1. The number of carbonyl (C=O) groups excluding carboxylic acids is 2. The van der Waals surface area contributed by atoms with Gasteiger partial charge in [0.05, 0.1) is 13.2 Å². The summed E-state index contributed by atoms with van der Waals surface area (Å²) in [4.78, 5) is 23.0. The first-order chi connectivity index (χ1) is 11.7. The Morgan fingerprint density at radius 3 is 2.58 bits per heavy atom. The van der Waals surface area contributed by atoms with E-state index in [0.717, 1.165) is 6.42 Å². The average Bonchev–Trinajstić information content (AvgIpc) is 2.56. The van der Waals surface area contributed by atoms with Gasteiger partial charge in [0.2, 0.25) is 5.91 Å². The van der Waals surface area contributed by atoms with Crippen LogP contribution in [0.5, 0.6) is 5.75 Å². The molecule has 0 atom stereocenters. The summed E-state index contributed by atoms with van der Waals surface area (Å²) in [5.74, 6) is -0.278. The Morgan fingerprint density at radius 2 is 1.83 bits per heavy atom. The Kier molecular flexibility index (Phi) is 6.83. The predicted octanol–water partition coefficient (Wildman–Crippen LogP) is 3.20. The highest BCUT2D eigenvalue weighted by Crippen LogP contribution is 2.18. The molecule has 0 spiro atoms. The van der Waals surface area contributed by atoms with Gasteiger partial charge in [-0.2, -0.15) is 0 Å². The molecule has 0 radical (unpaired) electrons. The lowest BCUT2D eigenvalue weighted by Gasteiger charge is -2.09.